The summed E-state index contributed by atoms with van der Waals surface area (Å²) in [5, 5.41) is 17.0. The van der Waals surface area contributed by atoms with Gasteiger partial charge in [-0.1, -0.05) is 0 Å². The molecule has 2 aliphatic heterocycles. The van der Waals surface area contributed by atoms with Gasteiger partial charge in [-0.15, -0.1) is 12.4 Å². The lowest BCUT2D eigenvalue weighted by Gasteiger charge is -2.52. The molecule has 2 saturated heterocycles. The lowest BCUT2D eigenvalue weighted by atomic mass is 9.73. The van der Waals surface area contributed by atoms with Crippen LogP contribution in [0.3, 0.4) is 0 Å². The van der Waals surface area contributed by atoms with Crippen LogP contribution in [0.1, 0.15) is 32.6 Å². The second-order valence-electron chi connectivity index (χ2n) is 6.70. The first-order chi connectivity index (χ1) is 10.7. The zero-order valence-electron chi connectivity index (χ0n) is 14.1. The van der Waals surface area contributed by atoms with Crippen LogP contribution < -0.4 is 15.4 Å². The predicted octanol–water partition coefficient (Wildman–Crippen LogP) is -0.874. The molecular formula is C14H28ClN3O5S. The summed E-state index contributed by atoms with van der Waals surface area (Å²) in [6.07, 6.45) is 2.22. The number of amides is 1. The van der Waals surface area contributed by atoms with Gasteiger partial charge in [-0.05, 0) is 39.3 Å². The summed E-state index contributed by atoms with van der Waals surface area (Å²) in [4.78, 5) is 12.1. The Balaban J connectivity index is 0.00000288. The quantitative estimate of drug-likeness (QED) is 0.488. The van der Waals surface area contributed by atoms with Crippen molar-refractivity contribution in [3.8, 4) is 0 Å². The van der Waals surface area contributed by atoms with Gasteiger partial charge in [0.1, 0.15) is 6.10 Å². The average molecular weight is 386 g/mol. The lowest BCUT2D eigenvalue weighted by Crippen LogP contribution is -2.69. The van der Waals surface area contributed by atoms with E-state index in [0.29, 0.717) is 25.9 Å². The number of rotatable bonds is 5. The van der Waals surface area contributed by atoms with Crippen molar-refractivity contribution < 1.29 is 23.1 Å². The van der Waals surface area contributed by atoms with Crippen LogP contribution in [0.5, 0.6) is 0 Å². The molecule has 142 valence electrons. The maximum absolute atomic E-state index is 12.1. The second kappa shape index (κ2) is 8.29. The van der Waals surface area contributed by atoms with Crippen LogP contribution in [0.2, 0.25) is 0 Å². The van der Waals surface area contributed by atoms with Crippen LogP contribution in [0, 0.1) is 0 Å². The molecule has 2 heterocycles. The van der Waals surface area contributed by atoms with Gasteiger partial charge < -0.3 is 20.5 Å². The number of hydrogen-bond acceptors (Lipinski definition) is 6. The van der Waals surface area contributed by atoms with Gasteiger partial charge in [-0.3, -0.25) is 4.79 Å². The second-order valence-corrected chi connectivity index (χ2v) is 8.53. The number of nitrogens with one attached hydrogen (secondary N) is 3. The van der Waals surface area contributed by atoms with E-state index in [-0.39, 0.29) is 31.3 Å². The first-order valence-electron chi connectivity index (χ1n) is 7.95. The number of aliphatic hydroxyl groups is 1. The minimum atomic E-state index is -3.31. The van der Waals surface area contributed by atoms with E-state index in [0.717, 1.165) is 19.3 Å². The Morgan fingerprint density at radius 1 is 1.33 bits per heavy atom. The van der Waals surface area contributed by atoms with E-state index in [1.54, 1.807) is 0 Å². The predicted molar refractivity (Wildman–Crippen MR) is 92.7 cm³/mol. The highest BCUT2D eigenvalue weighted by atomic mass is 35.5. The van der Waals surface area contributed by atoms with E-state index in [1.165, 1.54) is 0 Å². The Hall–Kier alpha value is -0.450. The highest BCUT2D eigenvalue weighted by molar-refractivity contribution is 7.88. The Labute approximate surface area is 149 Å². The highest BCUT2D eigenvalue weighted by Gasteiger charge is 2.52. The minimum Gasteiger partial charge on any atom is -0.388 e. The Morgan fingerprint density at radius 2 is 1.96 bits per heavy atom. The molecular weight excluding hydrogens is 358 g/mol. The van der Waals surface area contributed by atoms with Gasteiger partial charge in [0.2, 0.25) is 15.9 Å². The fourth-order valence-electron chi connectivity index (χ4n) is 3.39. The molecule has 10 heteroatoms. The average Bonchev–Trinajstić information content (AvgIpc) is 2.44. The summed E-state index contributed by atoms with van der Waals surface area (Å²) in [6.45, 7) is 3.91. The maximum atomic E-state index is 12.1. The van der Waals surface area contributed by atoms with Crippen molar-refractivity contribution in [1.29, 1.82) is 0 Å². The summed E-state index contributed by atoms with van der Waals surface area (Å²) in [6, 6.07) is 0. The van der Waals surface area contributed by atoms with Gasteiger partial charge in [-0.2, -0.15) is 0 Å². The van der Waals surface area contributed by atoms with E-state index >= 15 is 0 Å². The Bertz CT molecular complexity index is 533. The number of carbonyl (C=O) groups is 1. The zero-order valence-corrected chi connectivity index (χ0v) is 15.8. The largest absolute Gasteiger partial charge is 0.388 e. The minimum absolute atomic E-state index is 0. The topological polar surface area (TPSA) is 117 Å². The summed E-state index contributed by atoms with van der Waals surface area (Å²) < 4.78 is 30.2. The third-order valence-electron chi connectivity index (χ3n) is 4.70. The van der Waals surface area contributed by atoms with Crippen LogP contribution in [-0.4, -0.2) is 69.2 Å². The molecule has 0 aromatic rings. The van der Waals surface area contributed by atoms with Crippen molar-refractivity contribution in [2.45, 2.75) is 49.9 Å². The third-order valence-corrected chi connectivity index (χ3v) is 5.43. The zero-order chi connectivity index (χ0) is 17.1. The number of halogens is 1. The molecule has 0 aliphatic carbocycles. The van der Waals surface area contributed by atoms with Crippen molar-refractivity contribution in [2.24, 2.45) is 0 Å². The van der Waals surface area contributed by atoms with Gasteiger partial charge in [0.15, 0.2) is 0 Å². The van der Waals surface area contributed by atoms with Crippen molar-refractivity contribution in [2.75, 3.05) is 32.5 Å². The van der Waals surface area contributed by atoms with E-state index in [4.69, 9.17) is 4.74 Å². The summed E-state index contributed by atoms with van der Waals surface area (Å²) >= 11 is 0. The summed E-state index contributed by atoms with van der Waals surface area (Å²) in [5.41, 5.74) is -1.38. The molecule has 0 aromatic heterocycles. The molecule has 1 spiro atoms. The fourth-order valence-corrected chi connectivity index (χ4v) is 3.86. The first-order valence-corrected chi connectivity index (χ1v) is 9.84. The highest BCUT2D eigenvalue weighted by Crippen LogP contribution is 2.38. The molecule has 0 unspecified atom stereocenters. The SMILES string of the molecule is C[C@@]1(NC(=O)CCNS(C)(=O)=O)CCOC2(CCNCC2)[C@H]1O.Cl. The molecule has 2 rings (SSSR count). The standard InChI is InChI=1S/C14H27N3O5S.ClH/c1-13(17-11(18)3-7-16-23(2,20)21)6-10-22-14(12(13)19)4-8-15-9-5-14;/h12,15-16,19H,3-10H2,1-2H3,(H,17,18);1H/t12-,13+;/m0./s1. The Kier molecular flexibility index (Phi) is 7.46. The van der Waals surface area contributed by atoms with Gasteiger partial charge >= 0.3 is 0 Å². The third kappa shape index (κ3) is 5.27. The normalized spacial score (nSPS) is 29.7. The number of piperidine rings is 1. The van der Waals surface area contributed by atoms with Gasteiger partial charge in [0.25, 0.3) is 0 Å². The molecule has 0 bridgehead atoms. The van der Waals surface area contributed by atoms with Gasteiger partial charge in [-0.25, -0.2) is 13.1 Å². The molecule has 8 nitrogen and oxygen atoms in total. The number of aliphatic hydroxyl groups excluding tert-OH is 1. The van der Waals surface area contributed by atoms with Crippen LogP contribution in [-0.2, 0) is 19.6 Å². The van der Waals surface area contributed by atoms with E-state index in [1.807, 2.05) is 6.92 Å². The maximum Gasteiger partial charge on any atom is 0.221 e. The monoisotopic (exact) mass is 385 g/mol. The molecule has 0 radical (unpaired) electrons. The van der Waals surface area contributed by atoms with E-state index in [2.05, 4.69) is 15.4 Å². The summed E-state index contributed by atoms with van der Waals surface area (Å²) in [5.74, 6) is -0.284. The van der Waals surface area contributed by atoms with Crippen LogP contribution in [0.15, 0.2) is 0 Å². The van der Waals surface area contributed by atoms with Crippen molar-refractivity contribution >= 4 is 28.3 Å². The fraction of sp³-hybridized carbons (Fsp3) is 0.929. The number of ether oxygens (including phenoxy) is 1. The van der Waals surface area contributed by atoms with Gasteiger partial charge in [0.05, 0.1) is 17.4 Å². The van der Waals surface area contributed by atoms with Gasteiger partial charge in [0, 0.05) is 19.6 Å². The van der Waals surface area contributed by atoms with Crippen LogP contribution in [0.25, 0.3) is 0 Å². The summed E-state index contributed by atoms with van der Waals surface area (Å²) in [7, 11) is -3.31. The van der Waals surface area contributed by atoms with Crippen LogP contribution >= 0.6 is 12.4 Å². The lowest BCUT2D eigenvalue weighted by molar-refractivity contribution is -0.200. The number of sulfonamides is 1. The molecule has 2 aliphatic rings. The molecule has 2 atom stereocenters. The molecule has 24 heavy (non-hydrogen) atoms. The molecule has 4 N–H and O–H groups in total. The number of carbonyl (C=O) groups excluding carboxylic acids is 1. The first kappa shape index (κ1) is 21.6. The van der Waals surface area contributed by atoms with Crippen molar-refractivity contribution in [3.63, 3.8) is 0 Å². The van der Waals surface area contributed by atoms with E-state index in [9.17, 15) is 18.3 Å². The Morgan fingerprint density at radius 3 is 2.54 bits per heavy atom. The van der Waals surface area contributed by atoms with Crippen molar-refractivity contribution in [1.82, 2.24) is 15.4 Å². The van der Waals surface area contributed by atoms with Crippen LogP contribution in [0.4, 0.5) is 0 Å². The smallest absolute Gasteiger partial charge is 0.221 e. The number of hydrogen-bond donors (Lipinski definition) is 4. The molecule has 0 saturated carbocycles. The van der Waals surface area contributed by atoms with Crippen molar-refractivity contribution in [3.05, 3.63) is 0 Å². The molecule has 1 amide bonds. The van der Waals surface area contributed by atoms with E-state index < -0.39 is 27.3 Å². The molecule has 0 aromatic carbocycles. The molecule has 2 fully saturated rings.